The third kappa shape index (κ3) is 4.28. The van der Waals surface area contributed by atoms with Gasteiger partial charge in [0.2, 0.25) is 0 Å². The van der Waals surface area contributed by atoms with Gasteiger partial charge in [-0.3, -0.25) is 4.79 Å². The van der Waals surface area contributed by atoms with Crippen molar-refractivity contribution in [1.82, 2.24) is 14.5 Å². The molecule has 0 radical (unpaired) electrons. The molecule has 2 N–H and O–H groups in total. The minimum atomic E-state index is 0.0368. The van der Waals surface area contributed by atoms with Crippen molar-refractivity contribution in [3.63, 3.8) is 0 Å². The molecule has 0 atom stereocenters. The third-order valence-electron chi connectivity index (χ3n) is 3.93. The van der Waals surface area contributed by atoms with Gasteiger partial charge in [-0.1, -0.05) is 6.92 Å². The van der Waals surface area contributed by atoms with Crippen molar-refractivity contribution >= 4 is 5.82 Å². The normalized spacial score (nSPS) is 17.0. The summed E-state index contributed by atoms with van der Waals surface area (Å²) >= 11 is 0. The number of rotatable bonds is 6. The van der Waals surface area contributed by atoms with Gasteiger partial charge in [0.15, 0.2) is 5.82 Å². The van der Waals surface area contributed by atoms with Crippen molar-refractivity contribution < 1.29 is 0 Å². The molecule has 1 aliphatic rings. The summed E-state index contributed by atoms with van der Waals surface area (Å²) in [7, 11) is 0. The number of aryl methyl sites for hydroxylation is 1. The summed E-state index contributed by atoms with van der Waals surface area (Å²) in [6.45, 7) is 8.43. The predicted molar refractivity (Wildman–Crippen MR) is 85.7 cm³/mol. The number of nitrogens with two attached hydrogens (primary N) is 1. The second-order valence-electron chi connectivity index (χ2n) is 5.57. The molecular formula is C15H27N5O. The molecule has 1 saturated heterocycles. The highest BCUT2D eigenvalue weighted by atomic mass is 16.1. The molecular weight excluding hydrogens is 266 g/mol. The van der Waals surface area contributed by atoms with Crippen molar-refractivity contribution in [2.45, 2.75) is 32.7 Å². The van der Waals surface area contributed by atoms with Gasteiger partial charge in [-0.2, -0.15) is 0 Å². The SMILES string of the molecule is CCCn1ccnc(N2CCCN(CCCN)CC2)c1=O. The summed E-state index contributed by atoms with van der Waals surface area (Å²) < 4.78 is 1.76. The Morgan fingerprint density at radius 3 is 2.86 bits per heavy atom. The molecule has 2 heterocycles. The molecule has 0 spiro atoms. The Bertz CT molecular complexity index is 487. The summed E-state index contributed by atoms with van der Waals surface area (Å²) in [6, 6.07) is 0. The minimum absolute atomic E-state index is 0.0368. The molecule has 0 aliphatic carbocycles. The Kier molecular flexibility index (Phi) is 6.20. The van der Waals surface area contributed by atoms with Crippen LogP contribution in [0.4, 0.5) is 5.82 Å². The molecule has 0 saturated carbocycles. The van der Waals surface area contributed by atoms with Gasteiger partial charge in [-0.15, -0.1) is 0 Å². The summed E-state index contributed by atoms with van der Waals surface area (Å²) in [5, 5.41) is 0. The fourth-order valence-corrected chi connectivity index (χ4v) is 2.79. The molecule has 0 unspecified atom stereocenters. The van der Waals surface area contributed by atoms with Crippen LogP contribution >= 0.6 is 0 Å². The molecule has 0 aromatic carbocycles. The molecule has 6 nitrogen and oxygen atoms in total. The van der Waals surface area contributed by atoms with Crippen LogP contribution in [0.5, 0.6) is 0 Å². The molecule has 1 aliphatic heterocycles. The van der Waals surface area contributed by atoms with E-state index in [1.165, 1.54) is 0 Å². The number of anilines is 1. The maximum Gasteiger partial charge on any atom is 0.293 e. The summed E-state index contributed by atoms with van der Waals surface area (Å²) in [5.41, 5.74) is 5.61. The second kappa shape index (κ2) is 8.14. The van der Waals surface area contributed by atoms with Crippen LogP contribution in [0.15, 0.2) is 17.2 Å². The van der Waals surface area contributed by atoms with E-state index in [2.05, 4.69) is 21.7 Å². The van der Waals surface area contributed by atoms with E-state index in [0.29, 0.717) is 5.82 Å². The zero-order valence-electron chi connectivity index (χ0n) is 13.0. The minimum Gasteiger partial charge on any atom is -0.351 e. The summed E-state index contributed by atoms with van der Waals surface area (Å²) in [4.78, 5) is 21.3. The summed E-state index contributed by atoms with van der Waals surface area (Å²) in [5.74, 6) is 0.603. The van der Waals surface area contributed by atoms with Gasteiger partial charge < -0.3 is 20.1 Å². The molecule has 21 heavy (non-hydrogen) atoms. The van der Waals surface area contributed by atoms with Crippen molar-refractivity contribution in [3.8, 4) is 0 Å². The Hall–Kier alpha value is -1.40. The van der Waals surface area contributed by atoms with E-state index in [0.717, 1.165) is 65.1 Å². The van der Waals surface area contributed by atoms with Crippen molar-refractivity contribution in [2.24, 2.45) is 5.73 Å². The van der Waals surface area contributed by atoms with Gasteiger partial charge >= 0.3 is 0 Å². The lowest BCUT2D eigenvalue weighted by atomic mass is 10.3. The Morgan fingerprint density at radius 2 is 2.10 bits per heavy atom. The highest BCUT2D eigenvalue weighted by Crippen LogP contribution is 2.09. The van der Waals surface area contributed by atoms with Crippen LogP contribution in [-0.2, 0) is 6.54 Å². The lowest BCUT2D eigenvalue weighted by molar-refractivity contribution is 0.291. The fraction of sp³-hybridized carbons (Fsp3) is 0.733. The average molecular weight is 293 g/mol. The molecule has 0 amide bonds. The monoisotopic (exact) mass is 293 g/mol. The van der Waals surface area contributed by atoms with Crippen LogP contribution in [0.1, 0.15) is 26.2 Å². The van der Waals surface area contributed by atoms with E-state index in [-0.39, 0.29) is 5.56 Å². The molecule has 2 rings (SSSR count). The lowest BCUT2D eigenvalue weighted by Crippen LogP contribution is -2.36. The van der Waals surface area contributed by atoms with E-state index in [4.69, 9.17) is 5.73 Å². The van der Waals surface area contributed by atoms with E-state index < -0.39 is 0 Å². The first-order valence-corrected chi connectivity index (χ1v) is 7.99. The van der Waals surface area contributed by atoms with E-state index in [1.807, 2.05) is 0 Å². The first-order chi connectivity index (χ1) is 10.3. The molecule has 1 fully saturated rings. The van der Waals surface area contributed by atoms with Crippen LogP contribution in [0.3, 0.4) is 0 Å². The Labute approximate surface area is 126 Å². The van der Waals surface area contributed by atoms with Gasteiger partial charge in [0, 0.05) is 38.6 Å². The van der Waals surface area contributed by atoms with Gasteiger partial charge in [0.1, 0.15) is 0 Å². The summed E-state index contributed by atoms with van der Waals surface area (Å²) in [6.07, 6.45) is 6.57. The smallest absolute Gasteiger partial charge is 0.293 e. The van der Waals surface area contributed by atoms with E-state index in [9.17, 15) is 4.79 Å². The van der Waals surface area contributed by atoms with Gasteiger partial charge in [-0.25, -0.2) is 4.98 Å². The number of nitrogens with zero attached hydrogens (tertiary/aromatic N) is 4. The predicted octanol–water partition coefficient (Wildman–Crippen LogP) is 0.514. The van der Waals surface area contributed by atoms with Gasteiger partial charge in [0.05, 0.1) is 0 Å². The van der Waals surface area contributed by atoms with E-state index >= 15 is 0 Å². The zero-order chi connectivity index (χ0) is 15.1. The van der Waals surface area contributed by atoms with Crippen LogP contribution in [0.2, 0.25) is 0 Å². The first kappa shape index (κ1) is 16.0. The molecule has 1 aromatic heterocycles. The Balaban J connectivity index is 2.05. The zero-order valence-corrected chi connectivity index (χ0v) is 13.0. The lowest BCUT2D eigenvalue weighted by Gasteiger charge is -2.22. The topological polar surface area (TPSA) is 67.4 Å². The van der Waals surface area contributed by atoms with Gasteiger partial charge in [0.25, 0.3) is 5.56 Å². The fourth-order valence-electron chi connectivity index (χ4n) is 2.79. The maximum absolute atomic E-state index is 12.5. The number of hydrogen-bond donors (Lipinski definition) is 1. The van der Waals surface area contributed by atoms with E-state index in [1.54, 1.807) is 17.0 Å². The first-order valence-electron chi connectivity index (χ1n) is 7.99. The highest BCUT2D eigenvalue weighted by Gasteiger charge is 2.18. The van der Waals surface area contributed by atoms with Crippen molar-refractivity contribution in [2.75, 3.05) is 44.2 Å². The quantitative estimate of drug-likeness (QED) is 0.828. The van der Waals surface area contributed by atoms with Crippen LogP contribution in [0.25, 0.3) is 0 Å². The largest absolute Gasteiger partial charge is 0.351 e. The number of hydrogen-bond acceptors (Lipinski definition) is 5. The van der Waals surface area contributed by atoms with Crippen molar-refractivity contribution in [3.05, 3.63) is 22.7 Å². The molecule has 6 heteroatoms. The Morgan fingerprint density at radius 1 is 1.24 bits per heavy atom. The van der Waals surface area contributed by atoms with Crippen LogP contribution in [-0.4, -0.2) is 53.7 Å². The highest BCUT2D eigenvalue weighted by molar-refractivity contribution is 5.35. The standard InChI is InChI=1S/C15H27N5O/c1-2-7-20-11-6-17-14(15(20)21)19-10-4-9-18(12-13-19)8-3-5-16/h6,11H,2-5,7-10,12-13,16H2,1H3. The van der Waals surface area contributed by atoms with Crippen molar-refractivity contribution in [1.29, 1.82) is 0 Å². The number of aromatic nitrogens is 2. The molecule has 0 bridgehead atoms. The molecule has 1 aromatic rings. The van der Waals surface area contributed by atoms with Crippen LogP contribution < -0.4 is 16.2 Å². The van der Waals surface area contributed by atoms with Gasteiger partial charge in [-0.05, 0) is 38.9 Å². The maximum atomic E-state index is 12.5. The molecule has 118 valence electrons. The second-order valence-corrected chi connectivity index (χ2v) is 5.57. The third-order valence-corrected chi connectivity index (χ3v) is 3.93. The van der Waals surface area contributed by atoms with Crippen LogP contribution in [0, 0.1) is 0 Å². The average Bonchev–Trinajstić information content (AvgIpc) is 2.73.